The molecule has 128 valence electrons. The number of allylic oxidation sites excluding steroid dienone is 2. The van der Waals surface area contributed by atoms with Crippen molar-refractivity contribution in [3.05, 3.63) is 39.1 Å². The molecule has 2 atom stereocenters. The highest BCUT2D eigenvalue weighted by Gasteiger charge is 2.53. The van der Waals surface area contributed by atoms with Gasteiger partial charge in [-0.05, 0) is 37.5 Å². The average Bonchev–Trinajstić information content (AvgIpc) is 3.05. The highest BCUT2D eigenvalue weighted by Crippen LogP contribution is 2.51. The highest BCUT2D eigenvalue weighted by atomic mass is 79.9. The lowest BCUT2D eigenvalue weighted by atomic mass is 9.77. The van der Waals surface area contributed by atoms with Crippen molar-refractivity contribution >= 4 is 27.3 Å². The van der Waals surface area contributed by atoms with Gasteiger partial charge >= 0.3 is 0 Å². The Balaban J connectivity index is 1.77. The number of halogens is 1. The van der Waals surface area contributed by atoms with Gasteiger partial charge in [-0.3, -0.25) is 4.79 Å². The molecule has 3 aliphatic rings. The summed E-state index contributed by atoms with van der Waals surface area (Å²) in [6.45, 7) is 5.18. The second-order valence-corrected chi connectivity index (χ2v) is 7.98. The summed E-state index contributed by atoms with van der Waals surface area (Å²) >= 11 is 3.58. The molecule has 4 nitrogen and oxygen atoms in total. The Morgan fingerprint density at radius 3 is 2.58 bits per heavy atom. The van der Waals surface area contributed by atoms with Crippen LogP contribution in [0.1, 0.15) is 36.0 Å². The van der Waals surface area contributed by atoms with Gasteiger partial charge in [0.1, 0.15) is 5.76 Å². The van der Waals surface area contributed by atoms with Crippen molar-refractivity contribution in [1.29, 1.82) is 0 Å². The zero-order valence-corrected chi connectivity index (χ0v) is 15.5. The van der Waals surface area contributed by atoms with Gasteiger partial charge in [-0.25, -0.2) is 0 Å². The third-order valence-electron chi connectivity index (χ3n) is 5.54. The quantitative estimate of drug-likeness (QED) is 0.782. The number of rotatable bonds is 1. The molecule has 1 saturated heterocycles. The van der Waals surface area contributed by atoms with E-state index < -0.39 is 5.79 Å². The summed E-state index contributed by atoms with van der Waals surface area (Å²) in [6.07, 6.45) is 1.97. The first-order valence-electron chi connectivity index (χ1n) is 8.44. The maximum absolute atomic E-state index is 13.0. The molecule has 1 aromatic rings. The molecule has 0 amide bonds. The van der Waals surface area contributed by atoms with E-state index in [-0.39, 0.29) is 23.4 Å². The minimum atomic E-state index is -0.607. The van der Waals surface area contributed by atoms with Gasteiger partial charge in [0.15, 0.2) is 11.6 Å². The lowest BCUT2D eigenvalue weighted by Crippen LogP contribution is -2.40. The smallest absolute Gasteiger partial charge is 0.170 e. The lowest BCUT2D eigenvalue weighted by molar-refractivity contribution is -0.192. The molecule has 0 bridgehead atoms. The Hall–Kier alpha value is -1.17. The zero-order valence-electron chi connectivity index (χ0n) is 13.9. The summed E-state index contributed by atoms with van der Waals surface area (Å²) < 4.78 is 12.5. The molecular formula is C19H21BrO4. The molecule has 1 saturated carbocycles. The van der Waals surface area contributed by atoms with Crippen molar-refractivity contribution in [3.8, 4) is 0 Å². The summed E-state index contributed by atoms with van der Waals surface area (Å²) in [4.78, 5) is 13.0. The minimum absolute atomic E-state index is 0.0537. The number of carbonyl (C=O) groups excluding carboxylic acids is 1. The van der Waals surface area contributed by atoms with Crippen LogP contribution in [0, 0.1) is 25.7 Å². The van der Waals surface area contributed by atoms with Crippen LogP contribution in [-0.4, -0.2) is 29.9 Å². The Morgan fingerprint density at radius 1 is 1.21 bits per heavy atom. The molecular weight excluding hydrogens is 372 g/mol. The number of aliphatic hydroxyl groups excluding tert-OH is 1. The molecule has 1 heterocycles. The number of hydrogen-bond donors (Lipinski definition) is 1. The van der Waals surface area contributed by atoms with Crippen LogP contribution >= 0.6 is 15.9 Å². The van der Waals surface area contributed by atoms with Crippen molar-refractivity contribution in [2.24, 2.45) is 11.8 Å². The number of fused-ring (bicyclic) bond motifs is 1. The van der Waals surface area contributed by atoms with E-state index in [9.17, 15) is 9.90 Å². The Bertz CT molecular complexity index is 723. The number of hydrogen-bond acceptors (Lipinski definition) is 4. The fourth-order valence-corrected chi connectivity index (χ4v) is 5.37. The zero-order chi connectivity index (χ0) is 17.1. The van der Waals surface area contributed by atoms with Gasteiger partial charge in [0, 0.05) is 34.7 Å². The molecule has 2 aliphatic carbocycles. The third kappa shape index (κ3) is 2.37. The third-order valence-corrected chi connectivity index (χ3v) is 6.16. The van der Waals surface area contributed by atoms with Crippen molar-refractivity contribution in [2.75, 3.05) is 13.2 Å². The monoisotopic (exact) mass is 392 g/mol. The van der Waals surface area contributed by atoms with Crippen molar-refractivity contribution in [1.82, 2.24) is 0 Å². The van der Waals surface area contributed by atoms with E-state index in [4.69, 9.17) is 9.47 Å². The van der Waals surface area contributed by atoms with Gasteiger partial charge in [-0.2, -0.15) is 0 Å². The number of benzene rings is 1. The second-order valence-electron chi connectivity index (χ2n) is 7.13. The van der Waals surface area contributed by atoms with Crippen molar-refractivity contribution < 1.29 is 19.4 Å². The Labute approximate surface area is 150 Å². The molecule has 1 spiro atoms. The summed E-state index contributed by atoms with van der Waals surface area (Å²) in [5, 5.41) is 10.9. The van der Waals surface area contributed by atoms with Gasteiger partial charge < -0.3 is 14.6 Å². The van der Waals surface area contributed by atoms with Gasteiger partial charge in [-0.1, -0.05) is 22.0 Å². The molecule has 1 aliphatic heterocycles. The number of ketones is 1. The highest BCUT2D eigenvalue weighted by molar-refractivity contribution is 9.10. The van der Waals surface area contributed by atoms with E-state index in [0.29, 0.717) is 38.0 Å². The number of aryl methyl sites for hydroxylation is 2. The second kappa shape index (κ2) is 5.68. The van der Waals surface area contributed by atoms with Crippen LogP contribution in [0.2, 0.25) is 0 Å². The molecule has 0 radical (unpaired) electrons. The maximum Gasteiger partial charge on any atom is 0.170 e. The fourth-order valence-electron chi connectivity index (χ4n) is 4.50. The number of ether oxygens (including phenoxy) is 2. The van der Waals surface area contributed by atoms with Crippen LogP contribution in [0.4, 0.5) is 0 Å². The van der Waals surface area contributed by atoms with Crippen LogP contribution in [-0.2, 0) is 14.3 Å². The molecule has 24 heavy (non-hydrogen) atoms. The Morgan fingerprint density at radius 2 is 1.92 bits per heavy atom. The van der Waals surface area contributed by atoms with E-state index >= 15 is 0 Å². The van der Waals surface area contributed by atoms with Gasteiger partial charge in [0.05, 0.1) is 18.8 Å². The molecule has 2 unspecified atom stereocenters. The maximum atomic E-state index is 13.0. The summed E-state index contributed by atoms with van der Waals surface area (Å²) in [7, 11) is 0. The number of aliphatic hydroxyl groups is 1. The molecule has 1 N–H and O–H groups in total. The summed E-state index contributed by atoms with van der Waals surface area (Å²) in [5.74, 6) is -0.712. The first-order chi connectivity index (χ1) is 11.4. The minimum Gasteiger partial charge on any atom is -0.511 e. The Kier molecular flexibility index (Phi) is 3.86. The molecule has 2 fully saturated rings. The summed E-state index contributed by atoms with van der Waals surface area (Å²) in [6, 6.07) is 4.03. The first-order valence-corrected chi connectivity index (χ1v) is 9.23. The van der Waals surface area contributed by atoms with E-state index in [2.05, 4.69) is 15.9 Å². The van der Waals surface area contributed by atoms with Gasteiger partial charge in [0.25, 0.3) is 0 Å². The lowest BCUT2D eigenvalue weighted by Gasteiger charge is -2.37. The van der Waals surface area contributed by atoms with Crippen molar-refractivity contribution in [3.63, 3.8) is 0 Å². The molecule has 0 aromatic heterocycles. The van der Waals surface area contributed by atoms with Gasteiger partial charge in [-0.15, -0.1) is 0 Å². The number of carbonyl (C=O) groups is 1. The number of Topliss-reactive ketones (excluding diaryl/α,β-unsaturated/α-hetero) is 1. The van der Waals surface area contributed by atoms with Crippen molar-refractivity contribution in [2.45, 2.75) is 38.9 Å². The predicted molar refractivity (Wildman–Crippen MR) is 93.6 cm³/mol. The molecule has 4 rings (SSSR count). The first kappa shape index (κ1) is 16.3. The van der Waals surface area contributed by atoms with E-state index in [1.165, 1.54) is 0 Å². The largest absolute Gasteiger partial charge is 0.511 e. The standard InChI is InChI=1S/C19H21BrO4/c1-10-7-11(2)15(14(20)8-10)16-17(21)12-3-4-19(23-5-6-24-19)9-13(12)18(16)22/h7-8,12-13,22H,3-6,9H2,1-2H3. The van der Waals surface area contributed by atoms with Crippen LogP contribution in [0.3, 0.4) is 0 Å². The topological polar surface area (TPSA) is 55.8 Å². The molecule has 1 aromatic carbocycles. The van der Waals surface area contributed by atoms with Crippen LogP contribution < -0.4 is 0 Å². The van der Waals surface area contributed by atoms with E-state index in [0.717, 1.165) is 21.2 Å². The van der Waals surface area contributed by atoms with Crippen LogP contribution in [0.25, 0.3) is 5.57 Å². The fraction of sp³-hybridized carbons (Fsp3) is 0.526. The van der Waals surface area contributed by atoms with Crippen LogP contribution in [0.15, 0.2) is 22.4 Å². The van der Waals surface area contributed by atoms with E-state index in [1.54, 1.807) is 0 Å². The predicted octanol–water partition coefficient (Wildman–Crippen LogP) is 4.08. The normalized spacial score (nSPS) is 28.7. The van der Waals surface area contributed by atoms with Crippen LogP contribution in [0.5, 0.6) is 0 Å². The van der Waals surface area contributed by atoms with Gasteiger partial charge in [0.2, 0.25) is 0 Å². The molecule has 5 heteroatoms. The average molecular weight is 393 g/mol. The van der Waals surface area contributed by atoms with E-state index in [1.807, 2.05) is 26.0 Å². The SMILES string of the molecule is Cc1cc(C)c(C2=C(O)C3CC4(CCC3C2=O)OCCO4)c(Br)c1. The summed E-state index contributed by atoms with van der Waals surface area (Å²) in [5.41, 5.74) is 3.42.